The molecule has 0 radical (unpaired) electrons. The summed E-state index contributed by atoms with van der Waals surface area (Å²) in [5, 5.41) is 42.8. The minimum absolute atomic E-state index is 0.180. The summed E-state index contributed by atoms with van der Waals surface area (Å²) in [7, 11) is 1.53. The third-order valence-electron chi connectivity index (χ3n) is 3.79. The van der Waals surface area contributed by atoms with Gasteiger partial charge in [0.15, 0.2) is 0 Å². The van der Waals surface area contributed by atoms with E-state index >= 15 is 0 Å². The zero-order chi connectivity index (χ0) is 18.7. The fraction of sp³-hybridized carbons (Fsp3) is 0.923. The molecule has 1 heterocycles. The zero-order valence-electron chi connectivity index (χ0n) is 14.3. The molecule has 6 unspecified atom stereocenters. The van der Waals surface area contributed by atoms with E-state index in [9.17, 15) is 25.2 Å². The van der Waals surface area contributed by atoms with Crippen LogP contribution in [0.15, 0.2) is 0 Å². The summed E-state index contributed by atoms with van der Waals surface area (Å²) in [6, 6.07) is -0.795. The van der Waals surface area contributed by atoms with Crippen LogP contribution in [0.1, 0.15) is 28.5 Å². The van der Waals surface area contributed by atoms with Crippen molar-refractivity contribution in [3.8, 4) is 0 Å². The number of carboxylic acids is 1. The number of nitrogens with one attached hydrogen (secondary N) is 1. The third-order valence-corrected chi connectivity index (χ3v) is 16.1. The molecule has 0 aromatic rings. The molecule has 0 spiro atoms. The predicted octanol–water partition coefficient (Wildman–Crippen LogP) is -0.403. The number of ether oxygens (including phenoxy) is 1. The van der Waals surface area contributed by atoms with Crippen molar-refractivity contribution in [2.75, 3.05) is 7.05 Å². The van der Waals surface area contributed by atoms with Crippen LogP contribution in [0, 0.1) is 0 Å². The quantitative estimate of drug-likeness (QED) is 0.234. The molecule has 1 saturated heterocycles. The number of likely N-dealkylation sites (N-methyl/N-ethyl adjacent to an activating group) is 1. The van der Waals surface area contributed by atoms with Gasteiger partial charge in [-0.25, -0.2) is 0 Å². The maximum absolute atomic E-state index is 11.8. The van der Waals surface area contributed by atoms with Crippen LogP contribution in [0.4, 0.5) is 0 Å². The van der Waals surface area contributed by atoms with Crippen molar-refractivity contribution in [1.29, 1.82) is 0 Å². The number of hydrogen-bond donors (Lipinski definition) is 5. The van der Waals surface area contributed by atoms with E-state index in [0.717, 1.165) is 0 Å². The summed E-state index contributed by atoms with van der Waals surface area (Å²) in [6.45, 7) is 3.38. The molecule has 5 N–H and O–H groups in total. The zero-order valence-corrected chi connectivity index (χ0v) is 17.9. The van der Waals surface area contributed by atoms with Crippen LogP contribution < -0.4 is 5.32 Å². The molecule has 134 valence electrons. The molecule has 0 aliphatic carbocycles. The van der Waals surface area contributed by atoms with Crippen LogP contribution in [-0.2, 0) is 13.1 Å². The number of aliphatic hydroxyl groups excluding tert-OH is 3. The van der Waals surface area contributed by atoms with Crippen LogP contribution in [0.2, 0.25) is 4.47 Å². The standard InChI is InChI=1S/C10H18NO7.C3H7.Ga.HI/c1-4(12)7(14)8-6(11-2)5(13)3-10(17,18-8)9(15)16;1-3-2;;/h4-8,11-14H,3H2,1-2H3,(H,15,16);3H,1-2H3;;1H/q-1;;+2;/p-1/i1D;;;. The van der Waals surface area contributed by atoms with Gasteiger partial charge in [0.2, 0.25) is 0 Å². The van der Waals surface area contributed by atoms with Crippen LogP contribution in [0.25, 0.3) is 0 Å². The van der Waals surface area contributed by atoms with Gasteiger partial charge in [0.05, 0.1) is 0 Å². The van der Waals surface area contributed by atoms with Crippen LogP contribution in [0.5, 0.6) is 0 Å². The molecule has 1 rings (SSSR count). The third kappa shape index (κ3) is 5.04. The van der Waals surface area contributed by atoms with E-state index < -0.39 is 62.1 Å². The Morgan fingerprint density at radius 3 is 2.61 bits per heavy atom. The molecule has 0 amide bonds. The van der Waals surface area contributed by atoms with Crippen molar-refractivity contribution in [1.82, 2.24) is 5.32 Å². The molecule has 1 aliphatic rings. The summed E-state index contributed by atoms with van der Waals surface area (Å²) in [6.07, 6.45) is -5.63. The topological polar surface area (TPSA) is 128 Å². The van der Waals surface area contributed by atoms with E-state index in [4.69, 9.17) is 9.64 Å². The van der Waals surface area contributed by atoms with Crippen LogP contribution in [-0.4, -0.2) is 82.7 Å². The number of aliphatic carboxylic acids is 1. The number of carbonyl (C=O) groups is 1. The fourth-order valence-corrected chi connectivity index (χ4v) is 6.40. The van der Waals surface area contributed by atoms with Gasteiger partial charge in [-0.15, -0.1) is 0 Å². The second-order valence-electron chi connectivity index (χ2n) is 6.00. The summed E-state index contributed by atoms with van der Waals surface area (Å²) in [5.41, 5.74) is 0. The van der Waals surface area contributed by atoms with Crippen molar-refractivity contribution < 1.29 is 34.9 Å². The van der Waals surface area contributed by atoms with E-state index in [0.29, 0.717) is 0 Å². The van der Waals surface area contributed by atoms with E-state index in [1.807, 2.05) is 13.8 Å². The second kappa shape index (κ2) is 8.81. The first kappa shape index (κ1) is 19.9. The van der Waals surface area contributed by atoms with Crippen molar-refractivity contribution in [3.05, 3.63) is 0 Å². The van der Waals surface area contributed by atoms with Gasteiger partial charge in [-0.2, -0.15) is 0 Å². The minimum atomic E-state index is -2.48. The van der Waals surface area contributed by atoms with Crippen molar-refractivity contribution in [3.63, 3.8) is 0 Å². The van der Waals surface area contributed by atoms with E-state index in [1.165, 1.54) is 7.05 Å². The predicted molar refractivity (Wildman–Crippen MR) is 92.4 cm³/mol. The van der Waals surface area contributed by atoms with Gasteiger partial charge in [-0.05, 0) is 0 Å². The first-order valence-corrected chi connectivity index (χ1v) is 17.1. The molecular formula is C13H25GaINO7. The molecule has 0 bridgehead atoms. The van der Waals surface area contributed by atoms with Crippen LogP contribution >= 0.6 is 19.7 Å². The average molecular weight is 505 g/mol. The Labute approximate surface area is 153 Å². The summed E-state index contributed by atoms with van der Waals surface area (Å²) >= 11 is -0.353. The van der Waals surface area contributed by atoms with Gasteiger partial charge in [0.25, 0.3) is 0 Å². The van der Waals surface area contributed by atoms with Gasteiger partial charge in [-0.1, -0.05) is 0 Å². The van der Waals surface area contributed by atoms with Crippen LogP contribution in [0.3, 0.4) is 0 Å². The van der Waals surface area contributed by atoms with Crippen molar-refractivity contribution >= 4 is 38.7 Å². The van der Waals surface area contributed by atoms with Gasteiger partial charge in [0.1, 0.15) is 0 Å². The molecule has 23 heavy (non-hydrogen) atoms. The van der Waals surface area contributed by atoms with Crippen molar-refractivity contribution in [2.24, 2.45) is 0 Å². The Balaban J connectivity index is 3.16. The Bertz CT molecular complexity index is 435. The Kier molecular flexibility index (Phi) is 7.62. The summed E-state index contributed by atoms with van der Waals surface area (Å²) < 4.78 is 18.8. The number of halogens is 1. The number of aliphatic hydroxyl groups is 3. The molecular weight excluding hydrogens is 479 g/mol. The van der Waals surface area contributed by atoms with E-state index in [1.54, 1.807) is 0 Å². The van der Waals surface area contributed by atoms with Gasteiger partial charge >= 0.3 is 154 Å². The van der Waals surface area contributed by atoms with E-state index in [2.05, 4.69) is 25.0 Å². The number of carboxylic acid groups (broad SMARTS) is 1. The molecule has 0 saturated carbocycles. The second-order valence-corrected chi connectivity index (χ2v) is 17.1. The molecule has 1 fully saturated rings. The molecule has 1 aliphatic heterocycles. The Morgan fingerprint density at radius 2 is 2.17 bits per heavy atom. The first-order valence-electron chi connectivity index (χ1n) is 8.04. The summed E-state index contributed by atoms with van der Waals surface area (Å²) in [5.74, 6) is -3.43. The Morgan fingerprint density at radius 1 is 1.57 bits per heavy atom. The maximum atomic E-state index is 11.8. The van der Waals surface area contributed by atoms with E-state index in [-0.39, 0.29) is 10.9 Å². The average Bonchev–Trinajstić information content (AvgIpc) is 2.52. The monoisotopic (exact) mass is 504 g/mol. The molecule has 0 aromatic carbocycles. The van der Waals surface area contributed by atoms with Gasteiger partial charge in [-0.3, -0.25) is 0 Å². The van der Waals surface area contributed by atoms with Gasteiger partial charge in [0, 0.05) is 0 Å². The first-order chi connectivity index (χ1) is 11.1. The van der Waals surface area contributed by atoms with Crippen molar-refractivity contribution in [2.45, 2.75) is 67.9 Å². The fourth-order valence-electron chi connectivity index (χ4n) is 2.40. The number of rotatable bonds is 7. The number of hydrogen-bond acceptors (Lipinski definition) is 7. The molecule has 10 heteroatoms. The molecule has 8 nitrogen and oxygen atoms in total. The Hall–Kier alpha value is 0.596. The summed E-state index contributed by atoms with van der Waals surface area (Å²) in [4.78, 5) is 11.8. The SMILES string of the molecule is [2H]CC(O)C(O)C1OC([O][Ga]([I])[CH](C)C)(C(=O)O)CC(O)C1NC. The molecule has 0 aromatic heterocycles. The van der Waals surface area contributed by atoms with Gasteiger partial charge < -0.3 is 0 Å². The molecule has 6 atom stereocenters. The normalized spacial score (nSPS) is 34.8.